The molecule has 0 spiro atoms. The van der Waals surface area contributed by atoms with E-state index in [9.17, 15) is 27.6 Å². The number of halogens is 3. The first-order valence-corrected chi connectivity index (χ1v) is 17.3. The number of fused-ring (bicyclic) bond motifs is 1. The Kier molecular flexibility index (Phi) is 13.0. The average Bonchev–Trinajstić information content (AvgIpc) is 3.47. The van der Waals surface area contributed by atoms with Crippen molar-refractivity contribution in [3.8, 4) is 5.75 Å². The van der Waals surface area contributed by atoms with E-state index in [1.807, 2.05) is 24.3 Å². The molecule has 1 aromatic heterocycles. The van der Waals surface area contributed by atoms with Gasteiger partial charge in [-0.15, -0.1) is 13.2 Å². The largest absolute Gasteiger partial charge is 0.573 e. The van der Waals surface area contributed by atoms with E-state index in [2.05, 4.69) is 62.2 Å². The summed E-state index contributed by atoms with van der Waals surface area (Å²) in [4.78, 5) is 40.0. The van der Waals surface area contributed by atoms with Gasteiger partial charge < -0.3 is 39.2 Å². The van der Waals surface area contributed by atoms with Gasteiger partial charge in [0.15, 0.2) is 0 Å². The van der Waals surface area contributed by atoms with Crippen LogP contribution in [-0.2, 0) is 25.6 Å². The first kappa shape index (κ1) is 38.0. The van der Waals surface area contributed by atoms with Crippen molar-refractivity contribution in [1.29, 1.82) is 0 Å². The number of ether oxygens (including phenoxy) is 3. The number of aryl methyl sites for hydroxylation is 2. The number of hydrogen-bond acceptors (Lipinski definition) is 7. The number of carbonyl (C=O) groups is 3. The zero-order valence-electron chi connectivity index (χ0n) is 29.3. The molecular weight excluding hydrogens is 679 g/mol. The summed E-state index contributed by atoms with van der Waals surface area (Å²) in [7, 11) is 0. The highest BCUT2D eigenvalue weighted by Gasteiger charge is 2.31. The molecule has 0 aliphatic carbocycles. The third-order valence-corrected chi connectivity index (χ3v) is 8.84. The van der Waals surface area contributed by atoms with E-state index in [1.54, 1.807) is 11.8 Å². The summed E-state index contributed by atoms with van der Waals surface area (Å²) >= 11 is 0. The lowest BCUT2D eigenvalue weighted by Crippen LogP contribution is -2.42. The first-order valence-electron chi connectivity index (χ1n) is 17.3. The van der Waals surface area contributed by atoms with E-state index >= 15 is 0 Å². The molecule has 11 nitrogen and oxygen atoms in total. The van der Waals surface area contributed by atoms with Crippen molar-refractivity contribution in [2.75, 3.05) is 61.5 Å². The molecule has 3 aromatic carbocycles. The lowest BCUT2D eigenvalue weighted by atomic mass is 9.97. The van der Waals surface area contributed by atoms with Crippen LogP contribution in [-0.4, -0.2) is 79.7 Å². The minimum absolute atomic E-state index is 0.0320. The van der Waals surface area contributed by atoms with Gasteiger partial charge in [0.05, 0.1) is 25.7 Å². The summed E-state index contributed by atoms with van der Waals surface area (Å²) in [6.07, 6.45) is -1.15. The molecule has 4 aromatic rings. The molecule has 0 bridgehead atoms. The lowest BCUT2D eigenvalue weighted by Gasteiger charge is -2.30. The monoisotopic (exact) mass is 723 g/mol. The first-order chi connectivity index (χ1) is 25.0. The van der Waals surface area contributed by atoms with Crippen LogP contribution in [0.1, 0.15) is 31.7 Å². The Morgan fingerprint density at radius 1 is 0.865 bits per heavy atom. The van der Waals surface area contributed by atoms with Crippen molar-refractivity contribution in [3.05, 3.63) is 84.6 Å². The average molecular weight is 724 g/mol. The minimum atomic E-state index is -4.76. The number of benzene rings is 3. The van der Waals surface area contributed by atoms with E-state index in [-0.39, 0.29) is 29.6 Å². The van der Waals surface area contributed by atoms with Gasteiger partial charge in [0, 0.05) is 73.3 Å². The van der Waals surface area contributed by atoms with Gasteiger partial charge in [-0.1, -0.05) is 18.2 Å². The van der Waals surface area contributed by atoms with Gasteiger partial charge in [0.25, 0.3) is 0 Å². The highest BCUT2D eigenvalue weighted by molar-refractivity contribution is 5.91. The van der Waals surface area contributed by atoms with Crippen molar-refractivity contribution in [1.82, 2.24) is 9.47 Å². The van der Waals surface area contributed by atoms with Crippen molar-refractivity contribution < 1.29 is 41.8 Å². The molecule has 6 rings (SSSR count). The summed E-state index contributed by atoms with van der Waals surface area (Å²) in [5.41, 5.74) is 4.78. The number of rotatable bonds is 9. The van der Waals surface area contributed by atoms with Gasteiger partial charge in [0.2, 0.25) is 5.91 Å². The lowest BCUT2D eigenvalue weighted by molar-refractivity contribution is -0.274. The van der Waals surface area contributed by atoms with E-state index in [0.29, 0.717) is 51.2 Å². The molecule has 0 unspecified atom stereocenters. The normalized spacial score (nSPS) is 15.0. The third-order valence-electron chi connectivity index (χ3n) is 8.84. The van der Waals surface area contributed by atoms with Crippen molar-refractivity contribution >= 4 is 45.9 Å². The fourth-order valence-electron chi connectivity index (χ4n) is 6.16. The number of carbonyl (C=O) groups excluding carboxylic acids is 3. The van der Waals surface area contributed by atoms with Gasteiger partial charge in [-0.25, -0.2) is 4.79 Å². The van der Waals surface area contributed by atoms with E-state index in [1.165, 1.54) is 34.3 Å². The quantitative estimate of drug-likeness (QED) is 0.176. The number of anilines is 3. The van der Waals surface area contributed by atoms with Crippen molar-refractivity contribution in [2.45, 2.75) is 46.0 Å². The fraction of sp³-hybridized carbons (Fsp3) is 0.395. The Balaban J connectivity index is 0.000000202. The number of aromatic nitrogens is 1. The molecular formula is C38H44F3N5O6. The summed E-state index contributed by atoms with van der Waals surface area (Å²) < 4.78 is 52.6. The fourth-order valence-corrected chi connectivity index (χ4v) is 6.16. The maximum Gasteiger partial charge on any atom is 0.573 e. The number of para-hydroxylation sites is 1. The van der Waals surface area contributed by atoms with Crippen LogP contribution >= 0.6 is 0 Å². The number of esters is 1. The molecule has 2 aliphatic heterocycles. The number of hydrogen-bond donors (Lipinski definition) is 2. The van der Waals surface area contributed by atoms with E-state index < -0.39 is 6.36 Å². The van der Waals surface area contributed by atoms with Gasteiger partial charge in [-0.05, 0) is 86.8 Å². The molecule has 2 fully saturated rings. The van der Waals surface area contributed by atoms with Crippen molar-refractivity contribution in [2.24, 2.45) is 5.92 Å². The minimum Gasteiger partial charge on any atom is -0.466 e. The van der Waals surface area contributed by atoms with Crippen LogP contribution in [0.4, 0.5) is 35.0 Å². The maximum absolute atomic E-state index is 12.4. The molecule has 2 saturated heterocycles. The number of morpholine rings is 1. The molecule has 3 amide bonds. The SMILES string of the molecule is CCOC(=O)C1CCN(C(=O)Nc2ccc(OC(F)(F)F)cc2)CC1.Cc1cn(CCC(=O)Nc2ccc(N3CCOCC3)cc2)c2ccccc12. The third kappa shape index (κ3) is 10.9. The molecule has 2 aliphatic rings. The van der Waals surface area contributed by atoms with E-state index in [0.717, 1.165) is 44.1 Å². The Labute approximate surface area is 300 Å². The standard InChI is InChI=1S/C22H25N3O2.C16H19F3N2O4/c1-17-16-25(21-5-3-2-4-20(17)21)11-10-22(26)23-18-6-8-19(9-7-18)24-12-14-27-15-13-24;1-2-24-14(22)11-7-9-21(10-8-11)15(23)20-12-3-5-13(6-4-12)25-16(17,18)19/h2-9,16H,10-15H2,1H3,(H,23,26);3-6,11H,2,7-10H2,1H3,(H,20,23). The summed E-state index contributed by atoms with van der Waals surface area (Å²) in [5, 5.41) is 6.85. The second-order valence-electron chi connectivity index (χ2n) is 12.5. The molecule has 0 saturated carbocycles. The number of likely N-dealkylation sites (tertiary alicyclic amines) is 1. The highest BCUT2D eigenvalue weighted by Crippen LogP contribution is 2.25. The summed E-state index contributed by atoms with van der Waals surface area (Å²) in [6, 6.07) is 20.9. The number of nitrogens with one attached hydrogen (secondary N) is 2. The van der Waals surface area contributed by atoms with Gasteiger partial charge >= 0.3 is 18.4 Å². The van der Waals surface area contributed by atoms with Gasteiger partial charge in [0.1, 0.15) is 5.75 Å². The molecule has 278 valence electrons. The Morgan fingerprint density at radius 2 is 1.50 bits per heavy atom. The smallest absolute Gasteiger partial charge is 0.466 e. The second-order valence-corrected chi connectivity index (χ2v) is 12.5. The Hall–Kier alpha value is -5.24. The van der Waals surface area contributed by atoms with E-state index in [4.69, 9.17) is 9.47 Å². The molecule has 14 heteroatoms. The van der Waals surface area contributed by atoms with Crippen LogP contribution in [0, 0.1) is 12.8 Å². The van der Waals surface area contributed by atoms with Crippen LogP contribution in [0.5, 0.6) is 5.75 Å². The molecule has 3 heterocycles. The topological polar surface area (TPSA) is 114 Å². The van der Waals surface area contributed by atoms with Crippen LogP contribution in [0.3, 0.4) is 0 Å². The number of urea groups is 1. The second kappa shape index (κ2) is 17.8. The molecule has 52 heavy (non-hydrogen) atoms. The molecule has 0 radical (unpaired) electrons. The predicted octanol–water partition coefficient (Wildman–Crippen LogP) is 7.21. The number of amides is 3. The Bertz CT molecular complexity index is 1780. The number of alkyl halides is 3. The van der Waals surface area contributed by atoms with Crippen LogP contribution < -0.4 is 20.3 Å². The molecule has 2 N–H and O–H groups in total. The zero-order valence-corrected chi connectivity index (χ0v) is 29.3. The Morgan fingerprint density at radius 3 is 2.15 bits per heavy atom. The van der Waals surface area contributed by atoms with Crippen LogP contribution in [0.15, 0.2) is 79.0 Å². The van der Waals surface area contributed by atoms with Crippen molar-refractivity contribution in [3.63, 3.8) is 0 Å². The highest BCUT2D eigenvalue weighted by atomic mass is 19.4. The maximum atomic E-state index is 12.4. The van der Waals surface area contributed by atoms with Gasteiger partial charge in [-0.2, -0.15) is 0 Å². The van der Waals surface area contributed by atoms with Crippen LogP contribution in [0.25, 0.3) is 10.9 Å². The van der Waals surface area contributed by atoms with Gasteiger partial charge in [-0.3, -0.25) is 9.59 Å². The zero-order chi connectivity index (χ0) is 37.1. The predicted molar refractivity (Wildman–Crippen MR) is 192 cm³/mol. The number of piperidine rings is 1. The molecule has 0 atom stereocenters. The summed E-state index contributed by atoms with van der Waals surface area (Å²) in [6.45, 7) is 9.03. The summed E-state index contributed by atoms with van der Waals surface area (Å²) in [5.74, 6) is -0.782. The number of nitrogens with zero attached hydrogens (tertiary/aromatic N) is 3. The van der Waals surface area contributed by atoms with Crippen LogP contribution in [0.2, 0.25) is 0 Å².